The summed E-state index contributed by atoms with van der Waals surface area (Å²) in [6.45, 7) is 1.77. The van der Waals surface area contributed by atoms with Crippen LogP contribution in [0.2, 0.25) is 0 Å². The second kappa shape index (κ2) is 4.54. The normalized spacial score (nSPS) is 12.1. The molecule has 15 heavy (non-hydrogen) atoms. The van der Waals surface area contributed by atoms with E-state index in [1.165, 1.54) is 6.20 Å². The van der Waals surface area contributed by atoms with Gasteiger partial charge in [-0.15, -0.1) is 0 Å². The molecule has 5 nitrogen and oxygen atoms in total. The van der Waals surface area contributed by atoms with Crippen LogP contribution in [0.5, 0.6) is 0 Å². The van der Waals surface area contributed by atoms with Crippen LogP contribution in [0.4, 0.5) is 0 Å². The first-order valence-electron chi connectivity index (χ1n) is 4.38. The minimum atomic E-state index is -1.15. The third-order valence-electron chi connectivity index (χ3n) is 2.01. The SMILES string of the molecule is Cc1ccc(C(CC(=O)O)C(=O)O)cn1. The van der Waals surface area contributed by atoms with Crippen molar-refractivity contribution >= 4 is 11.9 Å². The molecule has 1 aromatic heterocycles. The summed E-state index contributed by atoms with van der Waals surface area (Å²) in [6.07, 6.45) is 0.969. The van der Waals surface area contributed by atoms with Crippen LogP contribution in [0.1, 0.15) is 23.6 Å². The van der Waals surface area contributed by atoms with E-state index in [4.69, 9.17) is 10.2 Å². The van der Waals surface area contributed by atoms with Crippen LogP contribution < -0.4 is 0 Å². The predicted octanol–water partition coefficient (Wildman–Crippen LogP) is 1.03. The van der Waals surface area contributed by atoms with Crippen LogP contribution in [0, 0.1) is 6.92 Å². The Bertz CT molecular complexity index is 372. The Hall–Kier alpha value is -1.91. The van der Waals surface area contributed by atoms with E-state index in [2.05, 4.69) is 4.98 Å². The van der Waals surface area contributed by atoms with Crippen molar-refractivity contribution in [1.82, 2.24) is 4.98 Å². The summed E-state index contributed by atoms with van der Waals surface area (Å²) in [7, 11) is 0. The van der Waals surface area contributed by atoms with Crippen molar-refractivity contribution in [2.24, 2.45) is 0 Å². The van der Waals surface area contributed by atoms with Crippen molar-refractivity contribution < 1.29 is 19.8 Å². The van der Waals surface area contributed by atoms with Gasteiger partial charge in [-0.25, -0.2) is 0 Å². The molecule has 0 aliphatic heterocycles. The minimum absolute atomic E-state index is 0.413. The number of hydrogen-bond acceptors (Lipinski definition) is 3. The Kier molecular flexibility index (Phi) is 3.38. The molecule has 0 aliphatic carbocycles. The van der Waals surface area contributed by atoms with Crippen molar-refractivity contribution in [1.29, 1.82) is 0 Å². The van der Waals surface area contributed by atoms with E-state index in [-0.39, 0.29) is 0 Å². The number of aromatic nitrogens is 1. The van der Waals surface area contributed by atoms with Crippen LogP contribution in [0.3, 0.4) is 0 Å². The highest BCUT2D eigenvalue weighted by Crippen LogP contribution is 2.19. The summed E-state index contributed by atoms with van der Waals surface area (Å²) in [5.74, 6) is -3.32. The highest BCUT2D eigenvalue weighted by Gasteiger charge is 2.23. The Morgan fingerprint density at radius 1 is 1.40 bits per heavy atom. The molecule has 1 unspecified atom stereocenters. The molecule has 0 amide bonds. The minimum Gasteiger partial charge on any atom is -0.481 e. The van der Waals surface area contributed by atoms with Gasteiger partial charge in [0.15, 0.2) is 0 Å². The first kappa shape index (κ1) is 11.2. The monoisotopic (exact) mass is 209 g/mol. The topological polar surface area (TPSA) is 87.5 Å². The number of nitrogens with zero attached hydrogens (tertiary/aromatic N) is 1. The number of aliphatic carboxylic acids is 2. The van der Waals surface area contributed by atoms with Crippen molar-refractivity contribution in [2.45, 2.75) is 19.3 Å². The van der Waals surface area contributed by atoms with E-state index >= 15 is 0 Å². The van der Waals surface area contributed by atoms with Crippen LogP contribution >= 0.6 is 0 Å². The molecular formula is C10H11NO4. The van der Waals surface area contributed by atoms with E-state index in [1.54, 1.807) is 19.1 Å². The van der Waals surface area contributed by atoms with Gasteiger partial charge < -0.3 is 10.2 Å². The number of rotatable bonds is 4. The lowest BCUT2D eigenvalue weighted by molar-refractivity contribution is -0.145. The van der Waals surface area contributed by atoms with Gasteiger partial charge in [0.1, 0.15) is 0 Å². The van der Waals surface area contributed by atoms with Gasteiger partial charge in [0, 0.05) is 11.9 Å². The van der Waals surface area contributed by atoms with Gasteiger partial charge in [-0.2, -0.15) is 0 Å². The molecular weight excluding hydrogens is 198 g/mol. The molecule has 0 aromatic carbocycles. The summed E-state index contributed by atoms with van der Waals surface area (Å²) < 4.78 is 0. The Balaban J connectivity index is 2.94. The highest BCUT2D eigenvalue weighted by molar-refractivity contribution is 5.82. The molecule has 1 aromatic rings. The molecule has 80 valence electrons. The highest BCUT2D eigenvalue weighted by atomic mass is 16.4. The molecule has 1 heterocycles. The maximum absolute atomic E-state index is 10.8. The predicted molar refractivity (Wildman–Crippen MR) is 51.6 cm³/mol. The molecule has 0 saturated heterocycles. The number of carboxylic acid groups (broad SMARTS) is 2. The smallest absolute Gasteiger partial charge is 0.311 e. The molecule has 1 rings (SSSR count). The quantitative estimate of drug-likeness (QED) is 0.773. The fourth-order valence-electron chi connectivity index (χ4n) is 1.21. The standard InChI is InChI=1S/C10H11NO4/c1-6-2-3-7(5-11-6)8(10(14)15)4-9(12)13/h2-3,5,8H,4H2,1H3,(H,12,13)(H,14,15). The number of hydrogen-bond donors (Lipinski definition) is 2. The average molecular weight is 209 g/mol. The fraction of sp³-hybridized carbons (Fsp3) is 0.300. The summed E-state index contributed by atoms with van der Waals surface area (Å²) in [6, 6.07) is 3.25. The van der Waals surface area contributed by atoms with E-state index in [1.807, 2.05) is 0 Å². The van der Waals surface area contributed by atoms with E-state index in [9.17, 15) is 9.59 Å². The van der Waals surface area contributed by atoms with Gasteiger partial charge in [0.25, 0.3) is 0 Å². The summed E-state index contributed by atoms with van der Waals surface area (Å²) in [5, 5.41) is 17.4. The Morgan fingerprint density at radius 3 is 2.47 bits per heavy atom. The first-order chi connectivity index (χ1) is 7.00. The van der Waals surface area contributed by atoms with Crippen molar-refractivity contribution in [3.8, 4) is 0 Å². The number of carbonyl (C=O) groups is 2. The lowest BCUT2D eigenvalue weighted by Gasteiger charge is -2.09. The lowest BCUT2D eigenvalue weighted by Crippen LogP contribution is -2.16. The van der Waals surface area contributed by atoms with E-state index in [0.29, 0.717) is 5.56 Å². The molecule has 0 aliphatic rings. The molecule has 0 spiro atoms. The van der Waals surface area contributed by atoms with Gasteiger partial charge in [0.2, 0.25) is 0 Å². The molecule has 1 atom stereocenters. The number of aryl methyl sites for hydroxylation is 1. The lowest BCUT2D eigenvalue weighted by atomic mass is 9.97. The summed E-state index contributed by atoms with van der Waals surface area (Å²) >= 11 is 0. The van der Waals surface area contributed by atoms with Gasteiger partial charge >= 0.3 is 11.9 Å². The Morgan fingerprint density at radius 2 is 2.07 bits per heavy atom. The maximum Gasteiger partial charge on any atom is 0.311 e. The van der Waals surface area contributed by atoms with Gasteiger partial charge in [-0.1, -0.05) is 6.07 Å². The molecule has 0 saturated carbocycles. The van der Waals surface area contributed by atoms with Crippen molar-refractivity contribution in [2.75, 3.05) is 0 Å². The van der Waals surface area contributed by atoms with Crippen LogP contribution in [-0.4, -0.2) is 27.1 Å². The molecule has 5 heteroatoms. The van der Waals surface area contributed by atoms with Crippen molar-refractivity contribution in [3.05, 3.63) is 29.6 Å². The van der Waals surface area contributed by atoms with E-state index in [0.717, 1.165) is 5.69 Å². The number of pyridine rings is 1. The third kappa shape index (κ3) is 3.05. The molecule has 2 N–H and O–H groups in total. The zero-order valence-corrected chi connectivity index (χ0v) is 8.17. The zero-order valence-electron chi connectivity index (χ0n) is 8.17. The van der Waals surface area contributed by atoms with E-state index < -0.39 is 24.3 Å². The molecule has 0 fully saturated rings. The summed E-state index contributed by atoms with van der Waals surface area (Å²) in [5.41, 5.74) is 1.17. The number of carboxylic acids is 2. The zero-order chi connectivity index (χ0) is 11.4. The molecule has 0 radical (unpaired) electrons. The maximum atomic E-state index is 10.8. The van der Waals surface area contributed by atoms with Crippen LogP contribution in [-0.2, 0) is 9.59 Å². The Labute approximate surface area is 86.4 Å². The van der Waals surface area contributed by atoms with Crippen molar-refractivity contribution in [3.63, 3.8) is 0 Å². The first-order valence-corrected chi connectivity index (χ1v) is 4.38. The van der Waals surface area contributed by atoms with Gasteiger partial charge in [-0.3, -0.25) is 14.6 Å². The molecule has 0 bridgehead atoms. The van der Waals surface area contributed by atoms with Crippen LogP contribution in [0.25, 0.3) is 0 Å². The summed E-state index contributed by atoms with van der Waals surface area (Å²) in [4.78, 5) is 25.2. The third-order valence-corrected chi connectivity index (χ3v) is 2.01. The largest absolute Gasteiger partial charge is 0.481 e. The second-order valence-corrected chi connectivity index (χ2v) is 3.22. The fourth-order valence-corrected chi connectivity index (χ4v) is 1.21. The average Bonchev–Trinajstić information content (AvgIpc) is 2.15. The van der Waals surface area contributed by atoms with Gasteiger partial charge in [0.05, 0.1) is 12.3 Å². The van der Waals surface area contributed by atoms with Gasteiger partial charge in [-0.05, 0) is 18.6 Å². The van der Waals surface area contributed by atoms with Crippen LogP contribution in [0.15, 0.2) is 18.3 Å². The second-order valence-electron chi connectivity index (χ2n) is 3.22.